The van der Waals surface area contributed by atoms with Crippen molar-refractivity contribution in [3.05, 3.63) is 53.0 Å². The summed E-state index contributed by atoms with van der Waals surface area (Å²) in [6.45, 7) is 4.14. The Morgan fingerprint density at radius 2 is 2.11 bits per heavy atom. The average molecular weight is 401 g/mol. The van der Waals surface area contributed by atoms with Crippen molar-refractivity contribution >= 4 is 26.6 Å². The van der Waals surface area contributed by atoms with E-state index in [9.17, 15) is 13.2 Å². The molecule has 1 fully saturated rings. The molecule has 1 aromatic carbocycles. The Labute approximate surface area is 164 Å². The number of aromatic amines is 1. The molecule has 0 bridgehead atoms. The summed E-state index contributed by atoms with van der Waals surface area (Å²) in [7, 11) is -3.01. The van der Waals surface area contributed by atoms with Crippen molar-refractivity contribution in [3.63, 3.8) is 0 Å². The quantitative estimate of drug-likeness (QED) is 0.687. The average Bonchev–Trinajstić information content (AvgIpc) is 3.31. The summed E-state index contributed by atoms with van der Waals surface area (Å²) < 4.78 is 25.3. The molecule has 3 heterocycles. The van der Waals surface area contributed by atoms with Crippen LogP contribution in [0, 0.1) is 13.8 Å². The van der Waals surface area contributed by atoms with Crippen LogP contribution in [0.1, 0.15) is 39.8 Å². The van der Waals surface area contributed by atoms with E-state index in [1.165, 1.54) is 5.39 Å². The van der Waals surface area contributed by atoms with Crippen LogP contribution in [-0.4, -0.2) is 47.1 Å². The lowest BCUT2D eigenvalue weighted by molar-refractivity contribution is 0.0952. The lowest BCUT2D eigenvalue weighted by Gasteiger charge is -2.11. The molecule has 0 aliphatic carbocycles. The lowest BCUT2D eigenvalue weighted by atomic mass is 10.1. The van der Waals surface area contributed by atoms with Gasteiger partial charge in [0.1, 0.15) is 0 Å². The van der Waals surface area contributed by atoms with Crippen LogP contribution in [0.4, 0.5) is 0 Å². The maximum atomic E-state index is 12.7. The van der Waals surface area contributed by atoms with Crippen LogP contribution in [0.5, 0.6) is 0 Å². The van der Waals surface area contributed by atoms with E-state index in [0.717, 1.165) is 23.2 Å². The Morgan fingerprint density at radius 3 is 2.86 bits per heavy atom. The smallest absolute Gasteiger partial charge is 0.255 e. The number of fused-ring (bicyclic) bond motifs is 1. The molecule has 0 spiro atoms. The second-order valence-electron chi connectivity index (χ2n) is 7.41. The monoisotopic (exact) mass is 400 g/mol. The third kappa shape index (κ3) is 3.44. The van der Waals surface area contributed by atoms with Gasteiger partial charge in [-0.05, 0) is 38.3 Å². The minimum atomic E-state index is -3.01. The SMILES string of the molecule is Cc1nn(C2CCS(=O)(=O)C2)c(C)c1C(=O)NCCc1c[nH]c2ccccc12. The highest BCUT2D eigenvalue weighted by Crippen LogP contribution is 2.26. The van der Waals surface area contributed by atoms with Crippen LogP contribution in [0.25, 0.3) is 10.9 Å². The van der Waals surface area contributed by atoms with Crippen LogP contribution >= 0.6 is 0 Å². The fourth-order valence-electron chi connectivity index (χ4n) is 4.05. The molecule has 1 atom stereocenters. The third-order valence-electron chi connectivity index (χ3n) is 5.46. The number of rotatable bonds is 5. The predicted molar refractivity (Wildman–Crippen MR) is 108 cm³/mol. The van der Waals surface area contributed by atoms with E-state index in [1.807, 2.05) is 31.3 Å². The first-order chi connectivity index (χ1) is 13.4. The zero-order valence-corrected chi connectivity index (χ0v) is 16.8. The van der Waals surface area contributed by atoms with Gasteiger partial charge in [-0.2, -0.15) is 5.10 Å². The number of amides is 1. The summed E-state index contributed by atoms with van der Waals surface area (Å²) in [5.41, 5.74) is 4.15. The molecule has 7 nitrogen and oxygen atoms in total. The van der Waals surface area contributed by atoms with Gasteiger partial charge < -0.3 is 10.3 Å². The number of hydrogen-bond donors (Lipinski definition) is 2. The number of aromatic nitrogens is 3. The van der Waals surface area contributed by atoms with Crippen LogP contribution < -0.4 is 5.32 Å². The Morgan fingerprint density at radius 1 is 1.32 bits per heavy atom. The minimum absolute atomic E-state index is 0.0938. The predicted octanol–water partition coefficient (Wildman–Crippen LogP) is 2.31. The number of H-pyrrole nitrogens is 1. The highest BCUT2D eigenvalue weighted by atomic mass is 32.2. The van der Waals surface area contributed by atoms with Crippen molar-refractivity contribution < 1.29 is 13.2 Å². The van der Waals surface area contributed by atoms with Gasteiger partial charge in [0.15, 0.2) is 9.84 Å². The molecule has 0 saturated carbocycles. The van der Waals surface area contributed by atoms with Gasteiger partial charge in [-0.25, -0.2) is 8.42 Å². The fourth-order valence-corrected chi connectivity index (χ4v) is 5.74. The van der Waals surface area contributed by atoms with E-state index in [-0.39, 0.29) is 23.5 Å². The van der Waals surface area contributed by atoms with Crippen LogP contribution in [-0.2, 0) is 16.3 Å². The van der Waals surface area contributed by atoms with Crippen molar-refractivity contribution in [3.8, 4) is 0 Å². The third-order valence-corrected chi connectivity index (χ3v) is 7.21. The van der Waals surface area contributed by atoms with E-state index in [4.69, 9.17) is 0 Å². The molecule has 1 unspecified atom stereocenters. The molecule has 8 heteroatoms. The van der Waals surface area contributed by atoms with Crippen molar-refractivity contribution in [1.82, 2.24) is 20.1 Å². The second-order valence-corrected chi connectivity index (χ2v) is 9.64. The number of hydrogen-bond acceptors (Lipinski definition) is 4. The summed E-state index contributed by atoms with van der Waals surface area (Å²) in [6.07, 6.45) is 3.25. The van der Waals surface area contributed by atoms with E-state index < -0.39 is 9.84 Å². The number of nitrogens with one attached hydrogen (secondary N) is 2. The molecule has 1 saturated heterocycles. The lowest BCUT2D eigenvalue weighted by Crippen LogP contribution is -2.27. The second kappa shape index (κ2) is 7.09. The van der Waals surface area contributed by atoms with Crippen molar-refractivity contribution in [2.75, 3.05) is 18.1 Å². The van der Waals surface area contributed by atoms with Gasteiger partial charge in [-0.3, -0.25) is 9.48 Å². The minimum Gasteiger partial charge on any atom is -0.361 e. The van der Waals surface area contributed by atoms with Gasteiger partial charge in [0.2, 0.25) is 0 Å². The molecule has 2 aromatic heterocycles. The normalized spacial score (nSPS) is 18.6. The molecule has 3 aromatic rings. The topological polar surface area (TPSA) is 96.8 Å². The number of sulfone groups is 1. The molecule has 28 heavy (non-hydrogen) atoms. The summed E-state index contributed by atoms with van der Waals surface area (Å²) in [4.78, 5) is 16.0. The zero-order chi connectivity index (χ0) is 19.9. The Kier molecular flexibility index (Phi) is 4.74. The van der Waals surface area contributed by atoms with Gasteiger partial charge in [0.25, 0.3) is 5.91 Å². The van der Waals surface area contributed by atoms with Gasteiger partial charge in [0.05, 0.1) is 28.8 Å². The van der Waals surface area contributed by atoms with Gasteiger partial charge >= 0.3 is 0 Å². The van der Waals surface area contributed by atoms with Crippen molar-refractivity contribution in [1.29, 1.82) is 0 Å². The fraction of sp³-hybridized carbons (Fsp3) is 0.400. The van der Waals surface area contributed by atoms with Crippen LogP contribution in [0.15, 0.2) is 30.5 Å². The van der Waals surface area contributed by atoms with E-state index >= 15 is 0 Å². The summed E-state index contributed by atoms with van der Waals surface area (Å²) in [6, 6.07) is 7.90. The maximum Gasteiger partial charge on any atom is 0.255 e. The molecular formula is C20H24N4O3S. The standard InChI is InChI=1S/C20H24N4O3S/c1-13-19(14(2)24(23-13)16-8-10-28(26,27)12-16)20(25)21-9-7-15-11-22-18-6-4-3-5-17(15)18/h3-6,11,16,22H,7-10,12H2,1-2H3,(H,21,25). The number of carbonyl (C=O) groups excluding carboxylic acids is 1. The highest BCUT2D eigenvalue weighted by molar-refractivity contribution is 7.91. The summed E-state index contributed by atoms with van der Waals surface area (Å²) in [5.74, 6) is 0.112. The number of carbonyl (C=O) groups is 1. The molecule has 148 valence electrons. The molecule has 2 N–H and O–H groups in total. The molecular weight excluding hydrogens is 376 g/mol. The largest absolute Gasteiger partial charge is 0.361 e. The molecule has 1 aliphatic rings. The first kappa shape index (κ1) is 18.7. The van der Waals surface area contributed by atoms with E-state index in [0.29, 0.717) is 24.2 Å². The first-order valence-corrected chi connectivity index (χ1v) is 11.3. The Bertz CT molecular complexity index is 1140. The Balaban J connectivity index is 1.45. The maximum absolute atomic E-state index is 12.7. The van der Waals surface area contributed by atoms with Crippen LogP contribution in [0.2, 0.25) is 0 Å². The van der Waals surface area contributed by atoms with Gasteiger partial charge in [0, 0.05) is 29.3 Å². The first-order valence-electron chi connectivity index (χ1n) is 9.45. The molecule has 1 aliphatic heterocycles. The zero-order valence-electron chi connectivity index (χ0n) is 16.0. The molecule has 0 radical (unpaired) electrons. The Hall–Kier alpha value is -2.61. The highest BCUT2D eigenvalue weighted by Gasteiger charge is 2.32. The number of para-hydroxylation sites is 1. The molecule has 1 amide bonds. The van der Waals surface area contributed by atoms with Gasteiger partial charge in [-0.1, -0.05) is 18.2 Å². The number of aryl methyl sites for hydroxylation is 1. The molecule has 4 rings (SSSR count). The number of benzene rings is 1. The van der Waals surface area contributed by atoms with Crippen molar-refractivity contribution in [2.24, 2.45) is 0 Å². The van der Waals surface area contributed by atoms with E-state index in [2.05, 4.69) is 21.5 Å². The van der Waals surface area contributed by atoms with Gasteiger partial charge in [-0.15, -0.1) is 0 Å². The van der Waals surface area contributed by atoms with E-state index in [1.54, 1.807) is 11.6 Å². The van der Waals surface area contributed by atoms with Crippen LogP contribution in [0.3, 0.4) is 0 Å². The summed E-state index contributed by atoms with van der Waals surface area (Å²) in [5, 5.41) is 8.61. The number of nitrogens with zero attached hydrogens (tertiary/aromatic N) is 2. The summed E-state index contributed by atoms with van der Waals surface area (Å²) >= 11 is 0. The van der Waals surface area contributed by atoms with Crippen molar-refractivity contribution in [2.45, 2.75) is 32.7 Å².